The van der Waals surface area contributed by atoms with Gasteiger partial charge in [0.1, 0.15) is 13.2 Å². The summed E-state index contributed by atoms with van der Waals surface area (Å²) in [5, 5.41) is 0.596. The highest BCUT2D eigenvalue weighted by Crippen LogP contribution is 2.38. The lowest BCUT2D eigenvalue weighted by Gasteiger charge is -2.36. The number of piperazine rings is 1. The van der Waals surface area contributed by atoms with Gasteiger partial charge in [0.05, 0.1) is 5.02 Å². The van der Waals surface area contributed by atoms with Crippen LogP contribution in [-0.4, -0.2) is 74.2 Å². The van der Waals surface area contributed by atoms with Gasteiger partial charge in [0.2, 0.25) is 0 Å². The first-order chi connectivity index (χ1) is 11.0. The van der Waals surface area contributed by atoms with E-state index in [-0.39, 0.29) is 6.03 Å². The van der Waals surface area contributed by atoms with E-state index < -0.39 is 0 Å². The van der Waals surface area contributed by atoms with Crippen molar-refractivity contribution in [3.63, 3.8) is 0 Å². The Hall–Kier alpha value is -1.66. The average Bonchev–Trinajstić information content (AvgIpc) is 2.55. The largest absolute Gasteiger partial charge is 0.486 e. The van der Waals surface area contributed by atoms with Gasteiger partial charge in [-0.2, -0.15) is 0 Å². The Kier molecular flexibility index (Phi) is 4.82. The van der Waals surface area contributed by atoms with E-state index in [9.17, 15) is 4.79 Å². The SMILES string of the molecule is CN(C)C(=O)N1CCN(Cc2cc(Cl)c3c(c2)OCCO3)CC1. The third kappa shape index (κ3) is 3.64. The number of carbonyl (C=O) groups excluding carboxylic acids is 1. The molecule has 0 aliphatic carbocycles. The van der Waals surface area contributed by atoms with Gasteiger partial charge in [-0.25, -0.2) is 4.79 Å². The van der Waals surface area contributed by atoms with E-state index in [0.717, 1.165) is 44.0 Å². The van der Waals surface area contributed by atoms with Gasteiger partial charge in [-0.1, -0.05) is 11.6 Å². The summed E-state index contributed by atoms with van der Waals surface area (Å²) in [6, 6.07) is 4.01. The van der Waals surface area contributed by atoms with Crippen molar-refractivity contribution in [2.45, 2.75) is 6.54 Å². The number of fused-ring (bicyclic) bond motifs is 1. The van der Waals surface area contributed by atoms with Gasteiger partial charge in [-0.05, 0) is 17.7 Å². The number of rotatable bonds is 2. The van der Waals surface area contributed by atoms with Crippen molar-refractivity contribution >= 4 is 17.6 Å². The summed E-state index contributed by atoms with van der Waals surface area (Å²) in [5.74, 6) is 1.36. The second kappa shape index (κ2) is 6.84. The Morgan fingerprint density at radius 2 is 1.87 bits per heavy atom. The van der Waals surface area contributed by atoms with E-state index in [0.29, 0.717) is 24.0 Å². The summed E-state index contributed by atoms with van der Waals surface area (Å²) in [7, 11) is 3.57. The van der Waals surface area contributed by atoms with E-state index in [1.54, 1.807) is 19.0 Å². The van der Waals surface area contributed by atoms with E-state index in [1.165, 1.54) is 0 Å². The molecule has 1 aromatic carbocycles. The fraction of sp³-hybridized carbons (Fsp3) is 0.562. The molecular weight excluding hydrogens is 318 g/mol. The van der Waals surface area contributed by atoms with E-state index in [2.05, 4.69) is 4.90 Å². The molecule has 7 heteroatoms. The van der Waals surface area contributed by atoms with Crippen LogP contribution in [-0.2, 0) is 6.54 Å². The Balaban J connectivity index is 1.61. The zero-order valence-electron chi connectivity index (χ0n) is 13.5. The first-order valence-corrected chi connectivity index (χ1v) is 8.19. The number of urea groups is 1. The molecule has 126 valence electrons. The van der Waals surface area contributed by atoms with Gasteiger partial charge in [0.25, 0.3) is 0 Å². The number of hydrogen-bond donors (Lipinski definition) is 0. The first-order valence-electron chi connectivity index (χ1n) is 7.81. The molecule has 6 nitrogen and oxygen atoms in total. The van der Waals surface area contributed by atoms with Gasteiger partial charge in [-0.3, -0.25) is 4.90 Å². The average molecular weight is 340 g/mol. The number of benzene rings is 1. The standard InChI is InChI=1S/C16H22ClN3O3/c1-18(2)16(21)20-5-3-19(4-6-20)11-12-9-13(17)15-14(10-12)22-7-8-23-15/h9-10H,3-8,11H2,1-2H3. The molecule has 0 atom stereocenters. The number of amides is 2. The van der Waals surface area contributed by atoms with Crippen LogP contribution in [0.15, 0.2) is 12.1 Å². The van der Waals surface area contributed by atoms with Crippen LogP contribution in [0.5, 0.6) is 11.5 Å². The maximum Gasteiger partial charge on any atom is 0.319 e. The van der Waals surface area contributed by atoms with Gasteiger partial charge in [0.15, 0.2) is 11.5 Å². The Bertz CT molecular complexity index is 586. The van der Waals surface area contributed by atoms with Crippen LogP contribution in [0, 0.1) is 0 Å². The molecular formula is C16H22ClN3O3. The normalized spacial score (nSPS) is 18.0. The molecule has 3 rings (SSSR count). The molecule has 1 fully saturated rings. The van der Waals surface area contributed by atoms with Crippen molar-refractivity contribution in [2.24, 2.45) is 0 Å². The van der Waals surface area contributed by atoms with Gasteiger partial charge in [0, 0.05) is 46.8 Å². The summed E-state index contributed by atoms with van der Waals surface area (Å²) in [4.78, 5) is 17.8. The molecule has 2 aliphatic heterocycles. The smallest absolute Gasteiger partial charge is 0.319 e. The maximum absolute atomic E-state index is 12.0. The van der Waals surface area contributed by atoms with Crippen molar-refractivity contribution in [3.05, 3.63) is 22.7 Å². The van der Waals surface area contributed by atoms with Crippen molar-refractivity contribution in [2.75, 3.05) is 53.5 Å². The van der Waals surface area contributed by atoms with Gasteiger partial charge >= 0.3 is 6.03 Å². The zero-order valence-corrected chi connectivity index (χ0v) is 14.3. The van der Waals surface area contributed by atoms with Crippen molar-refractivity contribution in [3.8, 4) is 11.5 Å². The minimum atomic E-state index is 0.0759. The van der Waals surface area contributed by atoms with Crippen molar-refractivity contribution < 1.29 is 14.3 Å². The van der Waals surface area contributed by atoms with Crippen molar-refractivity contribution in [1.82, 2.24) is 14.7 Å². The third-order valence-corrected chi connectivity index (χ3v) is 4.37. The minimum absolute atomic E-state index is 0.0759. The Morgan fingerprint density at radius 1 is 1.17 bits per heavy atom. The highest BCUT2D eigenvalue weighted by molar-refractivity contribution is 6.32. The van der Waals surface area contributed by atoms with Crippen LogP contribution in [0.4, 0.5) is 4.79 Å². The summed E-state index contributed by atoms with van der Waals surface area (Å²) in [6.07, 6.45) is 0. The quantitative estimate of drug-likeness (QED) is 0.825. The predicted molar refractivity (Wildman–Crippen MR) is 88.4 cm³/mol. The number of ether oxygens (including phenoxy) is 2. The second-order valence-corrected chi connectivity index (χ2v) is 6.45. The highest BCUT2D eigenvalue weighted by Gasteiger charge is 2.23. The molecule has 2 aliphatic rings. The van der Waals surface area contributed by atoms with Gasteiger partial charge in [-0.15, -0.1) is 0 Å². The summed E-state index contributed by atoms with van der Waals surface area (Å²) in [5.41, 5.74) is 1.10. The number of halogens is 1. The van der Waals surface area contributed by atoms with Crippen LogP contribution in [0.2, 0.25) is 5.02 Å². The van der Waals surface area contributed by atoms with E-state index in [4.69, 9.17) is 21.1 Å². The lowest BCUT2D eigenvalue weighted by molar-refractivity contribution is 0.119. The molecule has 1 aromatic rings. The van der Waals surface area contributed by atoms with Crippen LogP contribution < -0.4 is 9.47 Å². The lowest BCUT2D eigenvalue weighted by Crippen LogP contribution is -2.51. The van der Waals surface area contributed by atoms with Crippen LogP contribution >= 0.6 is 11.6 Å². The van der Waals surface area contributed by atoms with Crippen LogP contribution in [0.25, 0.3) is 0 Å². The van der Waals surface area contributed by atoms with Crippen LogP contribution in [0.3, 0.4) is 0 Å². The highest BCUT2D eigenvalue weighted by atomic mass is 35.5. The molecule has 0 saturated carbocycles. The monoisotopic (exact) mass is 339 g/mol. The molecule has 0 radical (unpaired) electrons. The van der Waals surface area contributed by atoms with Crippen molar-refractivity contribution in [1.29, 1.82) is 0 Å². The molecule has 23 heavy (non-hydrogen) atoms. The molecule has 0 aromatic heterocycles. The summed E-state index contributed by atoms with van der Waals surface area (Å²) >= 11 is 6.28. The fourth-order valence-corrected chi connectivity index (χ4v) is 3.18. The summed E-state index contributed by atoms with van der Waals surface area (Å²) < 4.78 is 11.2. The lowest BCUT2D eigenvalue weighted by atomic mass is 10.1. The molecule has 0 bridgehead atoms. The molecule has 0 N–H and O–H groups in total. The van der Waals surface area contributed by atoms with Gasteiger partial charge < -0.3 is 19.3 Å². The van der Waals surface area contributed by atoms with E-state index >= 15 is 0 Å². The minimum Gasteiger partial charge on any atom is -0.486 e. The Labute approximate surface area is 141 Å². The number of hydrogen-bond acceptors (Lipinski definition) is 4. The molecule has 2 amide bonds. The molecule has 1 saturated heterocycles. The Morgan fingerprint density at radius 3 is 2.57 bits per heavy atom. The topological polar surface area (TPSA) is 45.3 Å². The third-order valence-electron chi connectivity index (χ3n) is 4.09. The zero-order chi connectivity index (χ0) is 16.4. The molecule has 0 spiro atoms. The first kappa shape index (κ1) is 16.2. The molecule has 2 heterocycles. The number of nitrogens with zero attached hydrogens (tertiary/aromatic N) is 3. The van der Waals surface area contributed by atoms with Crippen LogP contribution in [0.1, 0.15) is 5.56 Å². The predicted octanol–water partition coefficient (Wildman–Crippen LogP) is 1.91. The number of carbonyl (C=O) groups is 1. The maximum atomic E-state index is 12.0. The summed E-state index contributed by atoms with van der Waals surface area (Å²) in [6.45, 7) is 5.08. The molecule has 0 unspecified atom stereocenters. The second-order valence-electron chi connectivity index (χ2n) is 6.04. The van der Waals surface area contributed by atoms with E-state index in [1.807, 2.05) is 17.0 Å². The fourth-order valence-electron chi connectivity index (χ4n) is 2.89.